The van der Waals surface area contributed by atoms with E-state index in [4.69, 9.17) is 0 Å². The van der Waals surface area contributed by atoms with Crippen molar-refractivity contribution < 1.29 is 70.2 Å². The van der Waals surface area contributed by atoms with Crippen LogP contribution in [0.4, 0.5) is 70.2 Å². The topological polar surface area (TPSA) is 0 Å². The number of rotatable bonds is 4. The molecule has 0 bridgehead atoms. The third-order valence-corrected chi connectivity index (χ3v) is 9.09. The first-order chi connectivity index (χ1) is 20.6. The van der Waals surface area contributed by atoms with Crippen LogP contribution in [0, 0.1) is 72.0 Å². The van der Waals surface area contributed by atoms with Crippen LogP contribution >= 0.6 is 22.7 Å². The highest BCUT2D eigenvalue weighted by Crippen LogP contribution is 2.66. The number of allylic oxidation sites excluding steroid dienone is 2. The lowest BCUT2D eigenvalue weighted by Crippen LogP contribution is -2.48. The average Bonchev–Trinajstić information content (AvgIpc) is 3.54. The molecular weight excluding hydrogens is 692 g/mol. The van der Waals surface area contributed by atoms with E-state index >= 15 is 17.6 Å². The van der Waals surface area contributed by atoms with Crippen LogP contribution in [0.2, 0.25) is 0 Å². The van der Waals surface area contributed by atoms with Gasteiger partial charge in [-0.1, -0.05) is 0 Å². The SMILES string of the molecule is Cc1sc(-c2c(F)c(F)c(F)c(F)c2F)cc1C1=C(c2cc(-c3c(F)c(F)c(F)c(F)c3F)sc2C)C(F)(F)C(F)(F)C1(F)F. The summed E-state index contributed by atoms with van der Waals surface area (Å²) in [6.07, 6.45) is 0. The predicted molar refractivity (Wildman–Crippen MR) is 130 cm³/mol. The summed E-state index contributed by atoms with van der Waals surface area (Å²) in [5.41, 5.74) is -10.3. The van der Waals surface area contributed by atoms with Crippen molar-refractivity contribution in [3.05, 3.63) is 91.2 Å². The van der Waals surface area contributed by atoms with Crippen LogP contribution in [0.15, 0.2) is 12.1 Å². The highest BCUT2D eigenvalue weighted by atomic mass is 32.1. The second-order valence-electron chi connectivity index (χ2n) is 9.52. The maximum Gasteiger partial charge on any atom is 0.380 e. The van der Waals surface area contributed by atoms with E-state index in [-0.39, 0.29) is 34.8 Å². The van der Waals surface area contributed by atoms with Crippen molar-refractivity contribution in [1.29, 1.82) is 0 Å². The van der Waals surface area contributed by atoms with Gasteiger partial charge in [-0.2, -0.15) is 26.3 Å². The highest BCUT2D eigenvalue weighted by molar-refractivity contribution is 7.16. The first-order valence-corrected chi connectivity index (χ1v) is 13.4. The highest BCUT2D eigenvalue weighted by Gasteiger charge is 2.80. The molecule has 1 aliphatic carbocycles. The van der Waals surface area contributed by atoms with Gasteiger partial charge in [0.05, 0.1) is 11.1 Å². The Morgan fingerprint density at radius 2 is 0.667 bits per heavy atom. The standard InChI is InChI=1S/C27H8F16S2/c1-5-7(3-9(44-5)11-15(28)19(32)23(36)20(33)16(11)29)13-14(26(40,41)27(42,43)25(13,38)39)8-4-10(45-6(8)2)12-17(30)21(34)24(37)22(35)18(12)31/h3-4H,1-2H3. The summed E-state index contributed by atoms with van der Waals surface area (Å²) in [4.78, 5) is -3.36. The van der Waals surface area contributed by atoms with Gasteiger partial charge in [0.1, 0.15) is 0 Å². The van der Waals surface area contributed by atoms with Gasteiger partial charge in [-0.25, -0.2) is 43.9 Å². The van der Waals surface area contributed by atoms with Gasteiger partial charge < -0.3 is 0 Å². The van der Waals surface area contributed by atoms with Gasteiger partial charge in [-0.3, -0.25) is 0 Å². The molecule has 0 saturated heterocycles. The van der Waals surface area contributed by atoms with Crippen molar-refractivity contribution in [2.45, 2.75) is 31.6 Å². The molecule has 0 atom stereocenters. The number of aryl methyl sites for hydroxylation is 2. The number of benzene rings is 2. The minimum Gasteiger partial charge on any atom is -0.203 e. The van der Waals surface area contributed by atoms with Gasteiger partial charge in [0, 0.05) is 30.7 Å². The molecule has 240 valence electrons. The maximum absolute atomic E-state index is 15.3. The lowest BCUT2D eigenvalue weighted by atomic mass is 9.94. The lowest BCUT2D eigenvalue weighted by molar-refractivity contribution is -0.254. The quantitative estimate of drug-likeness (QED) is 0.113. The third kappa shape index (κ3) is 4.26. The van der Waals surface area contributed by atoms with Crippen molar-refractivity contribution in [3.8, 4) is 20.9 Å². The zero-order valence-corrected chi connectivity index (χ0v) is 23.2. The van der Waals surface area contributed by atoms with E-state index in [9.17, 15) is 52.7 Å². The van der Waals surface area contributed by atoms with Crippen LogP contribution in [0.25, 0.3) is 32.0 Å². The molecule has 2 aromatic carbocycles. The molecule has 18 heteroatoms. The Kier molecular flexibility index (Phi) is 7.47. The van der Waals surface area contributed by atoms with Gasteiger partial charge >= 0.3 is 17.8 Å². The molecule has 1 aliphatic rings. The second kappa shape index (κ2) is 10.2. The minimum atomic E-state index is -6.25. The maximum atomic E-state index is 15.3. The van der Waals surface area contributed by atoms with E-state index < -0.39 is 129 Å². The molecule has 5 rings (SSSR count). The van der Waals surface area contributed by atoms with E-state index in [2.05, 4.69) is 0 Å². The lowest BCUT2D eigenvalue weighted by Gasteiger charge is -2.25. The van der Waals surface area contributed by atoms with Crippen molar-refractivity contribution in [1.82, 2.24) is 0 Å². The Hall–Kier alpha value is -3.54. The number of halogens is 16. The van der Waals surface area contributed by atoms with E-state index in [1.165, 1.54) is 0 Å². The molecule has 0 radical (unpaired) electrons. The van der Waals surface area contributed by atoms with E-state index in [0.29, 0.717) is 0 Å². The fourth-order valence-corrected chi connectivity index (χ4v) is 6.90. The third-order valence-electron chi connectivity index (χ3n) is 6.95. The normalized spacial score (nSPS) is 17.1. The monoisotopic (exact) mass is 700 g/mol. The first kappa shape index (κ1) is 32.8. The van der Waals surface area contributed by atoms with Crippen LogP contribution < -0.4 is 0 Å². The zero-order valence-electron chi connectivity index (χ0n) is 21.5. The van der Waals surface area contributed by atoms with E-state index in [0.717, 1.165) is 13.8 Å². The van der Waals surface area contributed by atoms with Gasteiger partial charge in [0.15, 0.2) is 46.5 Å². The summed E-state index contributed by atoms with van der Waals surface area (Å²) in [7, 11) is 0. The second-order valence-corrected chi connectivity index (χ2v) is 12.0. The van der Waals surface area contributed by atoms with Crippen molar-refractivity contribution in [2.75, 3.05) is 0 Å². The van der Waals surface area contributed by atoms with Crippen LogP contribution in [0.3, 0.4) is 0 Å². The molecule has 0 aliphatic heterocycles. The molecular formula is C27H8F16S2. The average molecular weight is 700 g/mol. The van der Waals surface area contributed by atoms with Crippen molar-refractivity contribution >= 4 is 33.8 Å². The molecule has 0 amide bonds. The molecule has 4 aromatic rings. The molecule has 0 spiro atoms. The number of thiophene rings is 2. The van der Waals surface area contributed by atoms with Gasteiger partial charge in [0.25, 0.3) is 0 Å². The Morgan fingerprint density at radius 3 is 0.933 bits per heavy atom. The summed E-state index contributed by atoms with van der Waals surface area (Å²) in [5.74, 6) is -42.7. The first-order valence-electron chi connectivity index (χ1n) is 11.7. The molecule has 0 saturated carbocycles. The smallest absolute Gasteiger partial charge is 0.203 e. The van der Waals surface area contributed by atoms with E-state index in [1.54, 1.807) is 0 Å². The minimum absolute atomic E-state index is 0.0104. The van der Waals surface area contributed by atoms with Gasteiger partial charge in [0.2, 0.25) is 11.6 Å². The molecule has 0 nitrogen and oxygen atoms in total. The summed E-state index contributed by atoms with van der Waals surface area (Å²) in [6.45, 7) is 1.62. The van der Waals surface area contributed by atoms with Crippen molar-refractivity contribution in [2.24, 2.45) is 0 Å². The van der Waals surface area contributed by atoms with Crippen LogP contribution in [0.5, 0.6) is 0 Å². The molecule has 0 fully saturated rings. The number of hydrogen-bond donors (Lipinski definition) is 0. The predicted octanol–water partition coefficient (Wildman–Crippen LogP) is 11.0. The molecule has 45 heavy (non-hydrogen) atoms. The number of alkyl halides is 6. The summed E-state index contributed by atoms with van der Waals surface area (Å²) in [6, 6.07) is 0.428. The van der Waals surface area contributed by atoms with Crippen LogP contribution in [0.1, 0.15) is 20.9 Å². The summed E-state index contributed by atoms with van der Waals surface area (Å²) in [5, 5.41) is 0. The summed E-state index contributed by atoms with van der Waals surface area (Å²) >= 11 is 0.0208. The fraction of sp³-hybridized carbons (Fsp3) is 0.185. The van der Waals surface area contributed by atoms with Crippen LogP contribution in [-0.4, -0.2) is 17.8 Å². The zero-order chi connectivity index (χ0) is 33.9. The summed E-state index contributed by atoms with van der Waals surface area (Å²) < 4.78 is 231. The Labute approximate surface area is 247 Å². The number of hydrogen-bond acceptors (Lipinski definition) is 2. The van der Waals surface area contributed by atoms with Gasteiger partial charge in [-0.15, -0.1) is 22.7 Å². The Morgan fingerprint density at radius 1 is 0.422 bits per heavy atom. The molecule has 0 N–H and O–H groups in total. The Bertz CT molecular complexity index is 1770. The molecule has 2 heterocycles. The Balaban J connectivity index is 1.84. The largest absolute Gasteiger partial charge is 0.380 e. The van der Waals surface area contributed by atoms with Crippen molar-refractivity contribution in [3.63, 3.8) is 0 Å². The van der Waals surface area contributed by atoms with E-state index in [1.807, 2.05) is 0 Å². The van der Waals surface area contributed by atoms with Gasteiger partial charge in [-0.05, 0) is 37.1 Å². The van der Waals surface area contributed by atoms with Crippen LogP contribution in [-0.2, 0) is 0 Å². The molecule has 0 unspecified atom stereocenters. The molecule has 2 aromatic heterocycles. The fourth-order valence-electron chi connectivity index (χ4n) is 4.78.